The highest BCUT2D eigenvalue weighted by molar-refractivity contribution is 5.90. The van der Waals surface area contributed by atoms with Gasteiger partial charge in [0.25, 0.3) is 0 Å². The Bertz CT molecular complexity index is 405. The zero-order valence-electron chi connectivity index (χ0n) is 11.9. The molecule has 3 fully saturated rings. The Balaban J connectivity index is 1.55. The van der Waals surface area contributed by atoms with Crippen LogP contribution in [0, 0.1) is 23.2 Å². The minimum atomic E-state index is -0.362. The van der Waals surface area contributed by atoms with Gasteiger partial charge in [0, 0.05) is 18.4 Å². The molecule has 2 bridgehead atoms. The molecular formula is C15H24N2O2. The molecule has 4 heteroatoms. The van der Waals surface area contributed by atoms with Gasteiger partial charge in [0.05, 0.1) is 0 Å². The molecule has 0 aromatic carbocycles. The Morgan fingerprint density at radius 3 is 2.68 bits per heavy atom. The van der Waals surface area contributed by atoms with E-state index in [4.69, 9.17) is 0 Å². The molecule has 0 aromatic heterocycles. The van der Waals surface area contributed by atoms with Crippen molar-refractivity contribution in [3.8, 4) is 0 Å². The lowest BCUT2D eigenvalue weighted by Gasteiger charge is -2.26. The van der Waals surface area contributed by atoms with Crippen molar-refractivity contribution in [2.75, 3.05) is 6.54 Å². The predicted octanol–water partition coefficient (Wildman–Crippen LogP) is 1.45. The average Bonchev–Trinajstić information content (AvgIpc) is 3.00. The highest BCUT2D eigenvalue weighted by atomic mass is 16.2. The molecule has 106 valence electrons. The summed E-state index contributed by atoms with van der Waals surface area (Å²) in [6.45, 7) is 4.69. The maximum absolute atomic E-state index is 12.2. The van der Waals surface area contributed by atoms with Crippen LogP contribution in [0.3, 0.4) is 0 Å². The molecule has 2 aliphatic carbocycles. The molecule has 1 heterocycles. The third-order valence-corrected chi connectivity index (χ3v) is 5.40. The molecular weight excluding hydrogens is 240 g/mol. The van der Waals surface area contributed by atoms with Crippen molar-refractivity contribution in [1.82, 2.24) is 10.6 Å². The molecule has 3 aliphatic rings. The summed E-state index contributed by atoms with van der Waals surface area (Å²) in [7, 11) is 0. The summed E-state index contributed by atoms with van der Waals surface area (Å²) >= 11 is 0. The van der Waals surface area contributed by atoms with Crippen LogP contribution in [-0.4, -0.2) is 24.4 Å². The van der Waals surface area contributed by atoms with Crippen molar-refractivity contribution in [1.29, 1.82) is 0 Å². The lowest BCUT2D eigenvalue weighted by molar-refractivity contribution is -0.129. The van der Waals surface area contributed by atoms with E-state index in [1.807, 2.05) is 13.8 Å². The van der Waals surface area contributed by atoms with Gasteiger partial charge < -0.3 is 10.6 Å². The summed E-state index contributed by atoms with van der Waals surface area (Å²) in [6.07, 6.45) is 5.82. The third kappa shape index (κ3) is 2.37. The first-order valence-corrected chi connectivity index (χ1v) is 7.53. The highest BCUT2D eigenvalue weighted by Crippen LogP contribution is 2.49. The van der Waals surface area contributed by atoms with Gasteiger partial charge in [0.15, 0.2) is 0 Å². The monoisotopic (exact) mass is 264 g/mol. The molecule has 1 saturated heterocycles. The second kappa shape index (κ2) is 4.50. The number of hydrogen-bond donors (Lipinski definition) is 2. The van der Waals surface area contributed by atoms with E-state index in [0.717, 1.165) is 11.8 Å². The number of nitrogens with one attached hydrogen (secondary N) is 2. The summed E-state index contributed by atoms with van der Waals surface area (Å²) in [5.41, 5.74) is -0.179. The first kappa shape index (κ1) is 12.9. The topological polar surface area (TPSA) is 58.2 Å². The molecule has 2 saturated carbocycles. The van der Waals surface area contributed by atoms with E-state index in [0.29, 0.717) is 18.9 Å². The lowest BCUT2D eigenvalue weighted by atomic mass is 9.85. The van der Waals surface area contributed by atoms with Crippen LogP contribution in [0.25, 0.3) is 0 Å². The fourth-order valence-electron chi connectivity index (χ4n) is 4.22. The normalized spacial score (nSPS) is 39.4. The number of carbonyl (C=O) groups excluding carboxylic acids is 2. The molecule has 2 amide bonds. The van der Waals surface area contributed by atoms with Gasteiger partial charge >= 0.3 is 0 Å². The Hall–Kier alpha value is -1.06. The second-order valence-electron chi connectivity index (χ2n) is 7.35. The molecule has 0 spiro atoms. The fourth-order valence-corrected chi connectivity index (χ4v) is 4.22. The molecule has 2 N–H and O–H groups in total. The van der Waals surface area contributed by atoms with E-state index in [1.54, 1.807) is 0 Å². The van der Waals surface area contributed by atoms with Crippen molar-refractivity contribution in [3.63, 3.8) is 0 Å². The average molecular weight is 264 g/mol. The summed E-state index contributed by atoms with van der Waals surface area (Å²) < 4.78 is 0. The molecule has 3 rings (SSSR count). The predicted molar refractivity (Wildman–Crippen MR) is 72.3 cm³/mol. The second-order valence-corrected chi connectivity index (χ2v) is 7.35. The minimum Gasteiger partial charge on any atom is -0.354 e. The van der Waals surface area contributed by atoms with Crippen LogP contribution in [0.2, 0.25) is 0 Å². The van der Waals surface area contributed by atoms with Crippen LogP contribution < -0.4 is 10.6 Å². The Morgan fingerprint density at radius 2 is 2.16 bits per heavy atom. The number of amides is 2. The van der Waals surface area contributed by atoms with Gasteiger partial charge in [0.2, 0.25) is 11.8 Å². The van der Waals surface area contributed by atoms with E-state index >= 15 is 0 Å². The Kier molecular flexibility index (Phi) is 3.06. The van der Waals surface area contributed by atoms with Crippen LogP contribution in [0.1, 0.15) is 46.0 Å². The number of hydrogen-bond acceptors (Lipinski definition) is 2. The molecule has 4 nitrogen and oxygen atoms in total. The van der Waals surface area contributed by atoms with Gasteiger partial charge in [-0.1, -0.05) is 20.3 Å². The van der Waals surface area contributed by atoms with E-state index in [2.05, 4.69) is 10.6 Å². The first-order chi connectivity index (χ1) is 8.95. The maximum Gasteiger partial charge on any atom is 0.243 e. The van der Waals surface area contributed by atoms with Crippen LogP contribution in [0.5, 0.6) is 0 Å². The van der Waals surface area contributed by atoms with Crippen molar-refractivity contribution >= 4 is 11.8 Å². The fraction of sp³-hybridized carbons (Fsp3) is 0.867. The van der Waals surface area contributed by atoms with E-state index in [1.165, 1.54) is 25.7 Å². The van der Waals surface area contributed by atoms with Gasteiger partial charge in [-0.25, -0.2) is 0 Å². The van der Waals surface area contributed by atoms with E-state index in [9.17, 15) is 9.59 Å². The Labute approximate surface area is 114 Å². The number of carbonyl (C=O) groups is 2. The molecule has 4 atom stereocenters. The van der Waals surface area contributed by atoms with Crippen LogP contribution in [0.15, 0.2) is 0 Å². The highest BCUT2D eigenvalue weighted by Gasteiger charge is 2.44. The van der Waals surface area contributed by atoms with Gasteiger partial charge in [-0.3, -0.25) is 9.59 Å². The molecule has 0 aromatic rings. The van der Waals surface area contributed by atoms with Crippen LogP contribution in [-0.2, 0) is 9.59 Å². The lowest BCUT2D eigenvalue weighted by Crippen LogP contribution is -2.47. The summed E-state index contributed by atoms with van der Waals surface area (Å²) in [5.74, 6) is 2.22. The van der Waals surface area contributed by atoms with Crippen molar-refractivity contribution < 1.29 is 9.59 Å². The smallest absolute Gasteiger partial charge is 0.243 e. The van der Waals surface area contributed by atoms with Gasteiger partial charge in [-0.05, 0) is 37.0 Å². The summed E-state index contributed by atoms with van der Waals surface area (Å²) in [4.78, 5) is 23.9. The van der Waals surface area contributed by atoms with Crippen molar-refractivity contribution in [2.24, 2.45) is 23.2 Å². The maximum atomic E-state index is 12.2. The Morgan fingerprint density at radius 1 is 1.37 bits per heavy atom. The SMILES string of the molecule is CC1(C)CNC(=O)C1NC(=O)CC1CC2CCC1C2. The summed E-state index contributed by atoms with van der Waals surface area (Å²) in [6, 6.07) is -0.362. The van der Waals surface area contributed by atoms with Gasteiger partial charge in [0.1, 0.15) is 6.04 Å². The molecule has 19 heavy (non-hydrogen) atoms. The number of fused-ring (bicyclic) bond motifs is 2. The zero-order chi connectivity index (χ0) is 13.6. The van der Waals surface area contributed by atoms with E-state index < -0.39 is 0 Å². The van der Waals surface area contributed by atoms with Crippen molar-refractivity contribution in [2.45, 2.75) is 52.0 Å². The van der Waals surface area contributed by atoms with Crippen molar-refractivity contribution in [3.05, 3.63) is 0 Å². The van der Waals surface area contributed by atoms with E-state index in [-0.39, 0.29) is 23.3 Å². The van der Waals surface area contributed by atoms with Gasteiger partial charge in [-0.15, -0.1) is 0 Å². The summed E-state index contributed by atoms with van der Waals surface area (Å²) in [5, 5.41) is 5.79. The largest absolute Gasteiger partial charge is 0.354 e. The molecule has 0 radical (unpaired) electrons. The number of rotatable bonds is 3. The molecule has 1 aliphatic heterocycles. The van der Waals surface area contributed by atoms with Gasteiger partial charge in [-0.2, -0.15) is 0 Å². The zero-order valence-corrected chi connectivity index (χ0v) is 11.9. The molecule has 4 unspecified atom stereocenters. The first-order valence-electron chi connectivity index (χ1n) is 7.53. The quantitative estimate of drug-likeness (QED) is 0.810. The standard InChI is InChI=1S/C15H24N2O2/c1-15(2)8-16-14(19)13(15)17-12(18)7-11-6-9-3-4-10(11)5-9/h9-11,13H,3-8H2,1-2H3,(H,16,19)(H,17,18). The van der Waals surface area contributed by atoms with Crippen LogP contribution >= 0.6 is 0 Å². The third-order valence-electron chi connectivity index (χ3n) is 5.40. The minimum absolute atomic E-state index is 0.0358. The van der Waals surface area contributed by atoms with Crippen LogP contribution in [0.4, 0.5) is 0 Å².